The molecule has 5 nitrogen and oxygen atoms in total. The van der Waals surface area contributed by atoms with Crippen LogP contribution in [0.25, 0.3) is 20.8 Å². The van der Waals surface area contributed by atoms with Gasteiger partial charge in [0.25, 0.3) is 0 Å². The summed E-state index contributed by atoms with van der Waals surface area (Å²) in [6.45, 7) is 1.50. The molecule has 0 saturated heterocycles. The summed E-state index contributed by atoms with van der Waals surface area (Å²) in [4.78, 5) is 27.9. The molecule has 3 aromatic rings. The lowest BCUT2D eigenvalue weighted by Gasteiger charge is -2.34. The number of rotatable bonds is 4. The van der Waals surface area contributed by atoms with Crippen molar-refractivity contribution in [3.63, 3.8) is 0 Å². The molecule has 0 unspecified atom stereocenters. The van der Waals surface area contributed by atoms with Gasteiger partial charge in [0.1, 0.15) is 5.01 Å². The molecule has 0 bridgehead atoms. The van der Waals surface area contributed by atoms with Crippen molar-refractivity contribution in [2.24, 2.45) is 5.92 Å². The zero-order chi connectivity index (χ0) is 18.1. The predicted octanol–water partition coefficient (Wildman–Crippen LogP) is 3.82. The Morgan fingerprint density at radius 1 is 1.08 bits per heavy atom. The highest BCUT2D eigenvalue weighted by atomic mass is 32.1. The lowest BCUT2D eigenvalue weighted by atomic mass is 9.79. The third-order valence-electron chi connectivity index (χ3n) is 4.61. The third kappa shape index (κ3) is 3.46. The van der Waals surface area contributed by atoms with E-state index in [1.165, 1.54) is 11.6 Å². The molecule has 132 valence electrons. The number of para-hydroxylation sites is 1. The van der Waals surface area contributed by atoms with Crippen LogP contribution in [0, 0.1) is 5.92 Å². The zero-order valence-corrected chi connectivity index (χ0v) is 15.2. The highest BCUT2D eigenvalue weighted by Gasteiger charge is 2.34. The van der Waals surface area contributed by atoms with Crippen molar-refractivity contribution in [3.05, 3.63) is 48.5 Å². The molecule has 1 saturated carbocycles. The quantitative estimate of drug-likeness (QED) is 0.738. The second-order valence-corrected chi connectivity index (χ2v) is 7.65. The number of carbonyl (C=O) groups excluding carboxylic acids is 2. The van der Waals surface area contributed by atoms with E-state index in [1.54, 1.807) is 11.3 Å². The fraction of sp³-hybridized carbons (Fsp3) is 0.250. The van der Waals surface area contributed by atoms with Gasteiger partial charge in [-0.05, 0) is 49.2 Å². The number of nitrogens with one attached hydrogen (secondary N) is 2. The molecule has 4 rings (SSSR count). The number of carbonyl (C=O) groups is 2. The molecule has 1 heterocycles. The van der Waals surface area contributed by atoms with Crippen molar-refractivity contribution in [1.29, 1.82) is 0 Å². The zero-order valence-electron chi connectivity index (χ0n) is 14.4. The molecule has 2 N–H and O–H groups in total. The third-order valence-corrected chi connectivity index (χ3v) is 5.69. The van der Waals surface area contributed by atoms with E-state index in [4.69, 9.17) is 0 Å². The maximum atomic E-state index is 12.3. The van der Waals surface area contributed by atoms with Gasteiger partial charge in [0, 0.05) is 30.1 Å². The first-order valence-electron chi connectivity index (χ1n) is 8.62. The first kappa shape index (κ1) is 16.7. The second-order valence-electron chi connectivity index (χ2n) is 6.62. The Morgan fingerprint density at radius 2 is 1.81 bits per heavy atom. The molecule has 1 aromatic heterocycles. The molecular weight excluding hydrogens is 346 g/mol. The molecule has 1 aliphatic rings. The number of thiazole rings is 1. The van der Waals surface area contributed by atoms with Gasteiger partial charge < -0.3 is 10.6 Å². The minimum absolute atomic E-state index is 0.0133. The molecular formula is C20H19N3O2S. The van der Waals surface area contributed by atoms with Gasteiger partial charge in [-0.15, -0.1) is 11.3 Å². The lowest BCUT2D eigenvalue weighted by molar-refractivity contribution is -0.126. The summed E-state index contributed by atoms with van der Waals surface area (Å²) in [5.41, 5.74) is 2.82. The van der Waals surface area contributed by atoms with Crippen LogP contribution in [-0.2, 0) is 9.59 Å². The van der Waals surface area contributed by atoms with Gasteiger partial charge >= 0.3 is 0 Å². The normalized spacial score (nSPS) is 19.0. The van der Waals surface area contributed by atoms with Crippen molar-refractivity contribution >= 4 is 39.1 Å². The number of hydrogen-bond acceptors (Lipinski definition) is 4. The Kier molecular flexibility index (Phi) is 4.42. The maximum Gasteiger partial charge on any atom is 0.227 e. The lowest BCUT2D eigenvalue weighted by Crippen LogP contribution is -2.47. The van der Waals surface area contributed by atoms with Crippen LogP contribution < -0.4 is 10.6 Å². The average molecular weight is 365 g/mol. The molecule has 1 fully saturated rings. The van der Waals surface area contributed by atoms with Gasteiger partial charge in [-0.2, -0.15) is 0 Å². The van der Waals surface area contributed by atoms with Crippen LogP contribution in [0.2, 0.25) is 0 Å². The topological polar surface area (TPSA) is 71.1 Å². The van der Waals surface area contributed by atoms with E-state index < -0.39 is 0 Å². The smallest absolute Gasteiger partial charge is 0.227 e. The summed E-state index contributed by atoms with van der Waals surface area (Å²) in [7, 11) is 0. The van der Waals surface area contributed by atoms with E-state index in [1.807, 2.05) is 42.5 Å². The molecule has 0 atom stereocenters. The number of nitrogens with zero attached hydrogens (tertiary/aromatic N) is 1. The molecule has 2 amide bonds. The SMILES string of the molecule is CC(=O)NC1CC(C(=O)Nc2ccc(-c3nc4ccccc4s3)cc2)C1. The summed E-state index contributed by atoms with van der Waals surface area (Å²) in [6.07, 6.45) is 1.41. The molecule has 0 spiro atoms. The first-order valence-corrected chi connectivity index (χ1v) is 9.44. The van der Waals surface area contributed by atoms with Crippen molar-refractivity contribution < 1.29 is 9.59 Å². The second kappa shape index (κ2) is 6.88. The summed E-state index contributed by atoms with van der Waals surface area (Å²) in [6, 6.07) is 16.0. The van der Waals surface area contributed by atoms with E-state index in [-0.39, 0.29) is 23.8 Å². The number of benzene rings is 2. The monoisotopic (exact) mass is 365 g/mol. The van der Waals surface area contributed by atoms with E-state index in [2.05, 4.69) is 21.7 Å². The molecule has 1 aliphatic carbocycles. The Bertz CT molecular complexity index is 926. The van der Waals surface area contributed by atoms with Crippen molar-refractivity contribution in [1.82, 2.24) is 10.3 Å². The largest absolute Gasteiger partial charge is 0.354 e. The predicted molar refractivity (Wildman–Crippen MR) is 104 cm³/mol. The van der Waals surface area contributed by atoms with Gasteiger partial charge in [0.05, 0.1) is 10.2 Å². The summed E-state index contributed by atoms with van der Waals surface area (Å²) < 4.78 is 1.17. The summed E-state index contributed by atoms with van der Waals surface area (Å²) >= 11 is 1.66. The number of hydrogen-bond donors (Lipinski definition) is 2. The van der Waals surface area contributed by atoms with Crippen LogP contribution in [0.4, 0.5) is 5.69 Å². The van der Waals surface area contributed by atoms with Crippen molar-refractivity contribution in [2.45, 2.75) is 25.8 Å². The van der Waals surface area contributed by atoms with Crippen molar-refractivity contribution in [2.75, 3.05) is 5.32 Å². The average Bonchev–Trinajstić information content (AvgIpc) is 3.02. The number of aromatic nitrogens is 1. The molecule has 0 radical (unpaired) electrons. The maximum absolute atomic E-state index is 12.3. The van der Waals surface area contributed by atoms with Gasteiger partial charge in [-0.3, -0.25) is 9.59 Å². The van der Waals surface area contributed by atoms with Gasteiger partial charge in [0.15, 0.2) is 0 Å². The van der Waals surface area contributed by atoms with E-state index in [0.29, 0.717) is 12.8 Å². The highest BCUT2D eigenvalue weighted by molar-refractivity contribution is 7.21. The van der Waals surface area contributed by atoms with Crippen LogP contribution in [0.5, 0.6) is 0 Å². The minimum atomic E-state index is -0.0423. The Hall–Kier alpha value is -2.73. The molecule has 26 heavy (non-hydrogen) atoms. The van der Waals surface area contributed by atoms with Crippen LogP contribution in [0.15, 0.2) is 48.5 Å². The van der Waals surface area contributed by atoms with Crippen LogP contribution >= 0.6 is 11.3 Å². The minimum Gasteiger partial charge on any atom is -0.354 e. The molecule has 6 heteroatoms. The Balaban J connectivity index is 1.39. The van der Waals surface area contributed by atoms with Crippen molar-refractivity contribution in [3.8, 4) is 10.6 Å². The number of amides is 2. The fourth-order valence-corrected chi connectivity index (χ4v) is 4.14. The van der Waals surface area contributed by atoms with Gasteiger partial charge in [-0.1, -0.05) is 12.1 Å². The number of anilines is 1. The van der Waals surface area contributed by atoms with E-state index in [0.717, 1.165) is 21.8 Å². The molecule has 0 aliphatic heterocycles. The summed E-state index contributed by atoms with van der Waals surface area (Å²) in [5.74, 6) is -0.0607. The van der Waals surface area contributed by atoms with Gasteiger partial charge in [0.2, 0.25) is 11.8 Å². The van der Waals surface area contributed by atoms with E-state index in [9.17, 15) is 9.59 Å². The molecule has 2 aromatic carbocycles. The number of fused-ring (bicyclic) bond motifs is 1. The van der Waals surface area contributed by atoms with Crippen LogP contribution in [0.3, 0.4) is 0 Å². The Labute approximate surface area is 155 Å². The summed E-state index contributed by atoms with van der Waals surface area (Å²) in [5, 5.41) is 6.77. The highest BCUT2D eigenvalue weighted by Crippen LogP contribution is 2.31. The standard InChI is InChI=1S/C20H19N3O2S/c1-12(24)21-16-10-14(11-16)19(25)22-15-8-6-13(7-9-15)20-23-17-4-2-3-5-18(17)26-20/h2-9,14,16H,10-11H2,1H3,(H,21,24)(H,22,25). The van der Waals surface area contributed by atoms with E-state index >= 15 is 0 Å². The van der Waals surface area contributed by atoms with Crippen LogP contribution in [-0.4, -0.2) is 22.8 Å². The Morgan fingerprint density at radius 3 is 2.50 bits per heavy atom. The first-order chi connectivity index (χ1) is 12.6. The van der Waals surface area contributed by atoms with Gasteiger partial charge in [-0.25, -0.2) is 4.98 Å². The van der Waals surface area contributed by atoms with Crippen LogP contribution in [0.1, 0.15) is 19.8 Å². The fourth-order valence-electron chi connectivity index (χ4n) is 3.17.